The molecule has 0 spiro atoms. The van der Waals surface area contributed by atoms with Crippen molar-refractivity contribution >= 4 is 116 Å². The molecule has 4 amide bonds. The first kappa shape index (κ1) is 82.2. The average molecular weight is 1780 g/mol. The van der Waals surface area contributed by atoms with E-state index >= 15 is 0 Å². The summed E-state index contributed by atoms with van der Waals surface area (Å²) in [5, 5.41) is 45.3. The lowest BCUT2D eigenvalue weighted by Gasteiger charge is -2.18. The van der Waals surface area contributed by atoms with Crippen LogP contribution in [0.15, 0.2) is 244 Å². The van der Waals surface area contributed by atoms with Crippen LogP contribution in [0.4, 0.5) is 46.0 Å². The Bertz CT molecular complexity index is 7090. The average Bonchev–Trinajstić information content (AvgIpc) is 1.51. The third kappa shape index (κ3) is 23.3. The van der Waals surface area contributed by atoms with Gasteiger partial charge in [-0.05, 0) is 147 Å². The minimum absolute atomic E-state index is 0.0992. The number of aryl methyl sites for hydroxylation is 4. The van der Waals surface area contributed by atoms with E-state index in [2.05, 4.69) is 45.5 Å². The summed E-state index contributed by atoms with van der Waals surface area (Å²) in [6.07, 6.45) is 6.07. The van der Waals surface area contributed by atoms with Crippen molar-refractivity contribution in [3.05, 3.63) is 356 Å². The predicted molar refractivity (Wildman–Crippen MR) is 508 cm³/mol. The summed E-state index contributed by atoms with van der Waals surface area (Å²) in [4.78, 5) is 139. The van der Waals surface area contributed by atoms with Crippen LogP contribution in [0.3, 0.4) is 0 Å². The number of rotatable bonds is 28. The van der Waals surface area contributed by atoms with Gasteiger partial charge in [0.05, 0.1) is 25.5 Å². The highest BCUT2D eigenvalue weighted by Gasteiger charge is 2.26. The second-order valence-electron chi connectivity index (χ2n) is 31.6. The van der Waals surface area contributed by atoms with Crippen molar-refractivity contribution in [2.24, 2.45) is 0 Å². The Hall–Kier alpha value is -16.8. The Kier molecular flexibility index (Phi) is 26.0. The van der Waals surface area contributed by atoms with E-state index in [1.807, 2.05) is 127 Å². The van der Waals surface area contributed by atoms with Gasteiger partial charge in [-0.3, -0.25) is 56.0 Å². The minimum Gasteiger partial charge on any atom is -0.481 e. The maximum absolute atomic E-state index is 12.7. The number of carboxylic acids is 4. The van der Waals surface area contributed by atoms with Crippen LogP contribution in [0.2, 0.25) is 2.82 Å². The van der Waals surface area contributed by atoms with Crippen molar-refractivity contribution in [3.63, 3.8) is 0 Å². The number of carbonyl (C=O) groups is 8. The molecule has 0 fully saturated rings. The Morgan fingerprint density at radius 1 is 0.303 bits per heavy atom. The molecule has 0 aliphatic rings. The number of nitrogens with one attached hydrogen (secondary N) is 4. The standard InChI is InChI=1S/4C25H25N5O3/c4*1-16-4-8-18(9-5-16)25(33)27-19-10-6-17(7-11-19)14-21-28-24(29(2)3)20(15-22(31)32)23-26-12-13-30(21)23/h4*4-13H,14-15H2,1-3H3,(H,27,33)(H,31,32)/i3*15D2;/hD2. The topological polar surface area (TPSA) is 399 Å². The zero-order valence-corrected chi connectivity index (χ0v) is 74.2. The minimum atomic E-state index is -2.69. The number of hydrogen-bond donors (Lipinski definition) is 8. The highest BCUT2D eigenvalue weighted by Crippen LogP contribution is 2.31. The number of anilines is 8. The molecule has 16 rings (SSSR count). The van der Waals surface area contributed by atoms with Gasteiger partial charge in [-0.2, -0.15) is 0 Å². The van der Waals surface area contributed by atoms with Gasteiger partial charge in [-0.25, -0.2) is 39.9 Å². The van der Waals surface area contributed by atoms with Crippen molar-refractivity contribution in [1.82, 2.24) is 57.5 Å². The van der Waals surface area contributed by atoms with Gasteiger partial charge >= 0.3 is 23.9 Å². The largest absolute Gasteiger partial charge is 0.481 e. The summed E-state index contributed by atoms with van der Waals surface area (Å²) >= 11 is 0. The maximum Gasteiger partial charge on any atom is 0.308 e. The zero-order chi connectivity index (χ0) is 101. The van der Waals surface area contributed by atoms with Crippen LogP contribution >= 0.6 is 0 Å². The molecule has 0 unspecified atom stereocenters. The van der Waals surface area contributed by atoms with E-state index in [0.717, 1.165) is 55.1 Å². The van der Waals surface area contributed by atoms with E-state index in [1.54, 1.807) is 220 Å². The SMILES string of the molecule is [2H]C([2H])(C(=O)O)c1c(N(C)C)nc(Cc2ccc(NC(=O)c3ccc(C)cc3)cc2)n2ccnc12.[2H]C([2H])(C(=O)O)c1c(N(C)C)nc(Cc2ccc(NC(=O)c3ccc(C)cc3)cc2)n2ccnc12.[2H]N(C(=O)c1ccc(C)cc1)c1ccc(Cc2nc(N(C)C)c(C([2H])([2H])C(=O)O)c3nccn23)cc1.[2H]N(C(=O)c1ccc(C)cc1)c1ccc(Cc2nc(N(C)C)c(CC(=O)O)c3nccn23)cc1. The van der Waals surface area contributed by atoms with E-state index in [9.17, 15) is 58.8 Å². The van der Waals surface area contributed by atoms with E-state index < -0.39 is 54.8 Å². The molecule has 8 aromatic heterocycles. The van der Waals surface area contributed by atoms with Crippen LogP contribution in [-0.2, 0) is 70.4 Å². The van der Waals surface area contributed by atoms with Crippen LogP contribution in [0, 0.1) is 27.7 Å². The summed E-state index contributed by atoms with van der Waals surface area (Å²) in [5.74, 6) is -3.50. The first-order valence-corrected chi connectivity index (χ1v) is 41.4. The number of imidazole rings is 4. The van der Waals surface area contributed by atoms with Crippen LogP contribution in [-0.4, -0.2) is 182 Å². The van der Waals surface area contributed by atoms with E-state index in [0.29, 0.717) is 111 Å². The fourth-order valence-electron chi connectivity index (χ4n) is 14.1. The second-order valence-corrected chi connectivity index (χ2v) is 31.6. The molecule has 16 aromatic rings. The molecular formula is C100H100N20O12. The molecule has 32 nitrogen and oxygen atoms in total. The molecule has 0 bridgehead atoms. The van der Waals surface area contributed by atoms with Gasteiger partial charge in [-0.1, -0.05) is 119 Å². The number of carbonyl (C=O) groups excluding carboxylic acids is 4. The fourth-order valence-corrected chi connectivity index (χ4v) is 14.1. The molecular weight excluding hydrogens is 1670 g/mol. The Morgan fingerprint density at radius 3 is 0.750 bits per heavy atom. The molecule has 0 aliphatic carbocycles. The van der Waals surface area contributed by atoms with Gasteiger partial charge < -0.3 is 61.3 Å². The van der Waals surface area contributed by atoms with Crippen molar-refractivity contribution in [2.75, 3.05) is 97.2 Å². The normalized spacial score (nSPS) is 12.1. The third-order valence-corrected chi connectivity index (χ3v) is 20.6. The molecule has 8 aromatic carbocycles. The number of aliphatic carboxylic acids is 4. The van der Waals surface area contributed by atoms with Gasteiger partial charge in [0.25, 0.3) is 23.6 Å². The quantitative estimate of drug-likeness (QED) is 0.0226. The molecule has 32 heteroatoms. The molecule has 0 saturated heterocycles. The molecule has 0 atom stereocenters. The van der Waals surface area contributed by atoms with E-state index in [-0.39, 0.29) is 69.3 Å². The first-order chi connectivity index (χ1) is 66.4. The lowest BCUT2D eigenvalue weighted by molar-refractivity contribution is -0.137. The molecule has 132 heavy (non-hydrogen) atoms. The van der Waals surface area contributed by atoms with E-state index in [4.69, 9.17) is 16.0 Å². The molecule has 8 heterocycles. The number of benzene rings is 8. The number of aromatic nitrogens is 12. The van der Waals surface area contributed by atoms with Crippen molar-refractivity contribution < 1.29 is 69.8 Å². The van der Waals surface area contributed by atoms with Crippen molar-refractivity contribution in [2.45, 2.75) is 78.9 Å². The van der Waals surface area contributed by atoms with Crippen LogP contribution < -0.4 is 40.9 Å². The number of nitrogens with zero attached hydrogens (tertiary/aromatic N) is 16. The summed E-state index contributed by atoms with van der Waals surface area (Å²) in [6.45, 7) is 7.79. The predicted octanol–water partition coefficient (Wildman–Crippen LogP) is 14.3. The maximum atomic E-state index is 12.7. The molecule has 0 saturated carbocycles. The fraction of sp³-hybridized carbons (Fsp3) is 0.200. The molecule has 8 N–H and O–H groups in total. The van der Waals surface area contributed by atoms with Gasteiger partial charge in [0, 0.05) is 207 Å². The van der Waals surface area contributed by atoms with Crippen molar-refractivity contribution in [3.8, 4) is 0 Å². The second kappa shape index (κ2) is 41.8. The smallest absolute Gasteiger partial charge is 0.308 e. The summed E-state index contributed by atoms with van der Waals surface area (Å²) < 4.78 is 71.9. The number of hydrogen-bond acceptors (Lipinski definition) is 20. The monoisotopic (exact) mass is 1780 g/mol. The van der Waals surface area contributed by atoms with E-state index in [1.165, 1.54) is 18.6 Å². The lowest BCUT2D eigenvalue weighted by Crippen LogP contribution is -2.19. The van der Waals surface area contributed by atoms with Crippen LogP contribution in [0.1, 0.15) is 140 Å². The van der Waals surface area contributed by atoms with Crippen LogP contribution in [0.5, 0.6) is 0 Å². The highest BCUT2D eigenvalue weighted by atomic mass is 16.4. The van der Waals surface area contributed by atoms with Gasteiger partial charge in [-0.15, -0.1) is 0 Å². The molecule has 0 aliphatic heterocycles. The lowest BCUT2D eigenvalue weighted by atomic mass is 10.1. The number of fused-ring (bicyclic) bond motifs is 4. The van der Waals surface area contributed by atoms with Crippen LogP contribution in [0.25, 0.3) is 22.6 Å². The Morgan fingerprint density at radius 2 is 0.523 bits per heavy atom. The summed E-state index contributed by atoms with van der Waals surface area (Å²) in [7, 11) is 13.7. The third-order valence-electron chi connectivity index (χ3n) is 20.6. The summed E-state index contributed by atoms with van der Waals surface area (Å²) in [5.41, 5.74) is 13.4. The Balaban J connectivity index is 0.000000157. The molecule has 0 radical (unpaired) electrons. The van der Waals surface area contributed by atoms with Gasteiger partial charge in [0.1, 0.15) is 69.2 Å². The number of amides is 4. The highest BCUT2D eigenvalue weighted by molar-refractivity contribution is 6.06. The van der Waals surface area contributed by atoms with Crippen molar-refractivity contribution in [1.29, 1.82) is 0 Å². The Labute approximate surface area is 772 Å². The summed E-state index contributed by atoms with van der Waals surface area (Å²) in [6, 6.07) is 57.5. The number of carboxylic acid groups (broad SMARTS) is 4. The van der Waals surface area contributed by atoms with Gasteiger partial charge in [0.15, 0.2) is 2.82 Å². The first-order valence-electron chi connectivity index (χ1n) is 45.3. The molecule has 672 valence electrons. The van der Waals surface area contributed by atoms with Gasteiger partial charge in [0.2, 0.25) is 0 Å². The zero-order valence-electron chi connectivity index (χ0n) is 82.2.